The van der Waals surface area contributed by atoms with Gasteiger partial charge in [0.05, 0.1) is 16.0 Å². The smallest absolute Gasteiger partial charge is 0.207 e. The standard InChI is InChI=1S/C22H19F4NO2S/c1-21(17-10-6-3-7-11-17,15-16-8-4-2-5-9-16)27-30(28,29)20-14-18(23)12-13-19(20)22(24,25)26/h2-14,27H,15H2,1H3. The first kappa shape index (κ1) is 22.0. The monoisotopic (exact) mass is 437 g/mol. The molecule has 0 aromatic heterocycles. The first-order valence-corrected chi connectivity index (χ1v) is 10.5. The number of halogens is 4. The summed E-state index contributed by atoms with van der Waals surface area (Å²) in [5, 5.41) is 0. The largest absolute Gasteiger partial charge is 0.417 e. The molecule has 3 nitrogen and oxygen atoms in total. The molecule has 1 unspecified atom stereocenters. The minimum atomic E-state index is -4.96. The van der Waals surface area contributed by atoms with Gasteiger partial charge in [-0.25, -0.2) is 17.5 Å². The van der Waals surface area contributed by atoms with E-state index in [0.717, 1.165) is 5.56 Å². The first-order chi connectivity index (χ1) is 14.0. The maximum absolute atomic E-state index is 13.7. The Balaban J connectivity index is 2.10. The predicted molar refractivity (Wildman–Crippen MR) is 106 cm³/mol. The van der Waals surface area contributed by atoms with Gasteiger partial charge in [-0.15, -0.1) is 0 Å². The van der Waals surface area contributed by atoms with Crippen LogP contribution in [0.15, 0.2) is 83.8 Å². The van der Waals surface area contributed by atoms with Crippen molar-refractivity contribution >= 4 is 10.0 Å². The van der Waals surface area contributed by atoms with Crippen LogP contribution in [0.25, 0.3) is 0 Å². The summed E-state index contributed by atoms with van der Waals surface area (Å²) >= 11 is 0. The number of benzene rings is 3. The molecule has 0 saturated heterocycles. The predicted octanol–water partition coefficient (Wildman–Crippen LogP) is 5.28. The van der Waals surface area contributed by atoms with Crippen LogP contribution < -0.4 is 4.72 Å². The van der Waals surface area contributed by atoms with Crippen molar-refractivity contribution in [2.75, 3.05) is 0 Å². The lowest BCUT2D eigenvalue weighted by molar-refractivity contribution is -0.139. The molecule has 0 radical (unpaired) electrons. The molecule has 1 N–H and O–H groups in total. The Morgan fingerprint density at radius 3 is 2.00 bits per heavy atom. The molecule has 0 heterocycles. The van der Waals surface area contributed by atoms with Crippen LogP contribution in [-0.4, -0.2) is 8.42 Å². The van der Waals surface area contributed by atoms with Crippen molar-refractivity contribution in [3.05, 3.63) is 101 Å². The topological polar surface area (TPSA) is 46.2 Å². The quantitative estimate of drug-likeness (QED) is 0.534. The summed E-state index contributed by atoms with van der Waals surface area (Å²) in [5.41, 5.74) is -1.37. The molecule has 0 saturated carbocycles. The summed E-state index contributed by atoms with van der Waals surface area (Å²) in [5.74, 6) is -1.08. The van der Waals surface area contributed by atoms with E-state index >= 15 is 0 Å². The second-order valence-corrected chi connectivity index (χ2v) is 8.76. The highest BCUT2D eigenvalue weighted by molar-refractivity contribution is 7.89. The molecule has 0 aliphatic rings. The fraction of sp³-hybridized carbons (Fsp3) is 0.182. The van der Waals surface area contributed by atoms with Gasteiger partial charge >= 0.3 is 6.18 Å². The highest BCUT2D eigenvalue weighted by Gasteiger charge is 2.40. The maximum Gasteiger partial charge on any atom is 0.417 e. The molecule has 1 atom stereocenters. The highest BCUT2D eigenvalue weighted by atomic mass is 32.2. The highest BCUT2D eigenvalue weighted by Crippen LogP contribution is 2.36. The summed E-state index contributed by atoms with van der Waals surface area (Å²) < 4.78 is 82.4. The molecule has 158 valence electrons. The summed E-state index contributed by atoms with van der Waals surface area (Å²) in [7, 11) is -4.73. The zero-order chi connectivity index (χ0) is 22.0. The lowest BCUT2D eigenvalue weighted by Gasteiger charge is -2.32. The third-order valence-electron chi connectivity index (χ3n) is 4.71. The van der Waals surface area contributed by atoms with Gasteiger partial charge in [0.15, 0.2) is 0 Å². The molecule has 0 aliphatic carbocycles. The summed E-state index contributed by atoms with van der Waals surface area (Å²) in [4.78, 5) is -1.15. The van der Waals surface area contributed by atoms with Gasteiger partial charge in [-0.05, 0) is 42.7 Å². The molecule has 3 aromatic carbocycles. The van der Waals surface area contributed by atoms with E-state index in [-0.39, 0.29) is 6.42 Å². The van der Waals surface area contributed by atoms with Gasteiger partial charge in [-0.1, -0.05) is 60.7 Å². The average molecular weight is 437 g/mol. The molecule has 0 aliphatic heterocycles. The van der Waals surface area contributed by atoms with Crippen LogP contribution in [0, 0.1) is 5.82 Å². The molecule has 30 heavy (non-hydrogen) atoms. The van der Waals surface area contributed by atoms with Gasteiger partial charge in [0.1, 0.15) is 5.82 Å². The lowest BCUT2D eigenvalue weighted by atomic mass is 9.87. The molecular formula is C22H19F4NO2S. The fourth-order valence-electron chi connectivity index (χ4n) is 3.31. The summed E-state index contributed by atoms with van der Waals surface area (Å²) in [6, 6.07) is 18.9. The Hall–Kier alpha value is -2.71. The Bertz CT molecular complexity index is 1120. The van der Waals surface area contributed by atoms with Crippen molar-refractivity contribution < 1.29 is 26.0 Å². The molecule has 0 spiro atoms. The molecule has 0 amide bonds. The number of nitrogens with one attached hydrogen (secondary N) is 1. The third kappa shape index (κ3) is 4.88. The Kier molecular flexibility index (Phi) is 6.01. The van der Waals surface area contributed by atoms with Crippen molar-refractivity contribution in [2.24, 2.45) is 0 Å². The number of rotatable bonds is 6. The van der Waals surface area contributed by atoms with Crippen LogP contribution >= 0.6 is 0 Å². The van der Waals surface area contributed by atoms with Crippen molar-refractivity contribution in [2.45, 2.75) is 30.0 Å². The minimum absolute atomic E-state index is 0.174. The van der Waals surface area contributed by atoms with Gasteiger partial charge in [-0.2, -0.15) is 13.2 Å². The van der Waals surface area contributed by atoms with Crippen LogP contribution in [-0.2, 0) is 28.2 Å². The number of sulfonamides is 1. The second kappa shape index (κ2) is 8.20. The Morgan fingerprint density at radius 2 is 1.43 bits per heavy atom. The van der Waals surface area contributed by atoms with E-state index < -0.39 is 38.0 Å². The van der Waals surface area contributed by atoms with Gasteiger partial charge in [-0.3, -0.25) is 0 Å². The van der Waals surface area contributed by atoms with Crippen molar-refractivity contribution in [3.8, 4) is 0 Å². The first-order valence-electron chi connectivity index (χ1n) is 9.01. The van der Waals surface area contributed by atoms with E-state index in [9.17, 15) is 26.0 Å². The SMILES string of the molecule is CC(Cc1ccccc1)(NS(=O)(=O)c1cc(F)ccc1C(F)(F)F)c1ccccc1. The van der Waals surface area contributed by atoms with Crippen LogP contribution in [0.4, 0.5) is 17.6 Å². The molecule has 0 fully saturated rings. The van der Waals surface area contributed by atoms with Crippen molar-refractivity contribution in [1.29, 1.82) is 0 Å². The zero-order valence-corrected chi connectivity index (χ0v) is 16.8. The Labute approximate surface area is 172 Å². The lowest BCUT2D eigenvalue weighted by Crippen LogP contribution is -2.45. The molecule has 8 heteroatoms. The number of alkyl halides is 3. The van der Waals surface area contributed by atoms with Crippen LogP contribution in [0.2, 0.25) is 0 Å². The molecular weight excluding hydrogens is 418 g/mol. The number of hydrogen-bond acceptors (Lipinski definition) is 2. The zero-order valence-electron chi connectivity index (χ0n) is 15.9. The third-order valence-corrected chi connectivity index (χ3v) is 6.35. The van der Waals surface area contributed by atoms with E-state index in [1.807, 2.05) is 0 Å². The normalized spacial score (nSPS) is 14.3. The van der Waals surface area contributed by atoms with Crippen LogP contribution in [0.5, 0.6) is 0 Å². The average Bonchev–Trinajstić information content (AvgIpc) is 2.68. The van der Waals surface area contributed by atoms with Crippen molar-refractivity contribution in [3.63, 3.8) is 0 Å². The maximum atomic E-state index is 13.7. The fourth-order valence-corrected chi connectivity index (χ4v) is 4.95. The molecule has 0 bridgehead atoms. The van der Waals surface area contributed by atoms with Gasteiger partial charge in [0.25, 0.3) is 0 Å². The van der Waals surface area contributed by atoms with Crippen molar-refractivity contribution in [1.82, 2.24) is 4.72 Å². The van der Waals surface area contributed by atoms with Gasteiger partial charge in [0, 0.05) is 0 Å². The van der Waals surface area contributed by atoms with E-state index in [4.69, 9.17) is 0 Å². The Morgan fingerprint density at radius 1 is 0.867 bits per heavy atom. The van der Waals surface area contributed by atoms with E-state index in [0.29, 0.717) is 23.8 Å². The van der Waals surface area contributed by atoms with Crippen LogP contribution in [0.1, 0.15) is 23.6 Å². The van der Waals surface area contributed by atoms with Gasteiger partial charge in [0.2, 0.25) is 10.0 Å². The van der Waals surface area contributed by atoms with E-state index in [2.05, 4.69) is 4.72 Å². The van der Waals surface area contributed by atoms with E-state index in [1.165, 1.54) is 0 Å². The second-order valence-electron chi connectivity index (χ2n) is 7.10. The van der Waals surface area contributed by atoms with Gasteiger partial charge < -0.3 is 0 Å². The molecule has 3 aromatic rings. The van der Waals surface area contributed by atoms with Crippen LogP contribution in [0.3, 0.4) is 0 Å². The summed E-state index contributed by atoms with van der Waals surface area (Å²) in [6.07, 6.45) is -4.78. The van der Waals surface area contributed by atoms with E-state index in [1.54, 1.807) is 67.6 Å². The summed E-state index contributed by atoms with van der Waals surface area (Å²) in [6.45, 7) is 1.58. The minimum Gasteiger partial charge on any atom is -0.207 e. The molecule has 3 rings (SSSR count). The number of hydrogen-bond donors (Lipinski definition) is 1.